The summed E-state index contributed by atoms with van der Waals surface area (Å²) in [4.78, 5) is 41.6. The number of carbonyl (C=O) groups is 3. The smallest absolute Gasteiger partial charge is 0.324 e. The standard InChI is InChI=1S/C18H10FN3O4/c19-12-5-7-13(8-6-12)21-10-11(9-20-21)18(25)26-22-16(23)14-3-1-2-4-15(14)17(22)24/h1-10H. The van der Waals surface area contributed by atoms with Crippen molar-refractivity contribution in [1.82, 2.24) is 14.8 Å². The normalized spacial score (nSPS) is 13.0. The first-order valence-corrected chi connectivity index (χ1v) is 7.55. The zero-order valence-corrected chi connectivity index (χ0v) is 13.1. The maximum Gasteiger partial charge on any atom is 0.367 e. The highest BCUT2D eigenvalue weighted by molar-refractivity contribution is 6.21. The average Bonchev–Trinajstić information content (AvgIpc) is 3.23. The maximum atomic E-state index is 13.0. The van der Waals surface area contributed by atoms with Crippen molar-refractivity contribution in [1.29, 1.82) is 0 Å². The Morgan fingerprint density at radius 2 is 1.58 bits per heavy atom. The molecule has 0 spiro atoms. The molecule has 0 radical (unpaired) electrons. The molecule has 2 amide bonds. The first kappa shape index (κ1) is 15.7. The molecule has 0 atom stereocenters. The molecule has 0 bridgehead atoms. The first-order valence-electron chi connectivity index (χ1n) is 7.55. The Kier molecular flexibility index (Phi) is 3.58. The molecule has 0 unspecified atom stereocenters. The van der Waals surface area contributed by atoms with E-state index >= 15 is 0 Å². The van der Waals surface area contributed by atoms with Gasteiger partial charge in [0.1, 0.15) is 11.4 Å². The summed E-state index contributed by atoms with van der Waals surface area (Å²) >= 11 is 0. The SMILES string of the molecule is O=C(ON1C(=O)c2ccccc2C1=O)c1cnn(-c2ccc(F)cc2)c1. The summed E-state index contributed by atoms with van der Waals surface area (Å²) in [5.74, 6) is -2.71. The Morgan fingerprint density at radius 3 is 2.19 bits per heavy atom. The average molecular weight is 351 g/mol. The summed E-state index contributed by atoms with van der Waals surface area (Å²) in [6.45, 7) is 0. The third-order valence-electron chi connectivity index (χ3n) is 3.84. The quantitative estimate of drug-likeness (QED) is 0.677. The number of nitrogens with zero attached hydrogens (tertiary/aromatic N) is 3. The summed E-state index contributed by atoms with van der Waals surface area (Å²) in [6.07, 6.45) is 2.58. The van der Waals surface area contributed by atoms with Gasteiger partial charge in [0.2, 0.25) is 0 Å². The molecule has 0 saturated heterocycles. The molecule has 3 aromatic rings. The third kappa shape index (κ3) is 2.53. The highest BCUT2D eigenvalue weighted by atomic mass is 19.1. The molecule has 0 aliphatic carbocycles. The predicted octanol–water partition coefficient (Wildman–Crippen LogP) is 2.38. The van der Waals surface area contributed by atoms with Crippen LogP contribution in [0.25, 0.3) is 5.69 Å². The summed E-state index contributed by atoms with van der Waals surface area (Å²) in [6, 6.07) is 11.7. The summed E-state index contributed by atoms with van der Waals surface area (Å²) in [7, 11) is 0. The van der Waals surface area contributed by atoms with Gasteiger partial charge in [-0.15, -0.1) is 0 Å². The molecule has 4 rings (SSSR count). The number of benzene rings is 2. The van der Waals surface area contributed by atoms with Crippen LogP contribution in [-0.4, -0.2) is 32.6 Å². The third-order valence-corrected chi connectivity index (χ3v) is 3.84. The van der Waals surface area contributed by atoms with Gasteiger partial charge in [-0.3, -0.25) is 9.59 Å². The fraction of sp³-hybridized carbons (Fsp3) is 0. The van der Waals surface area contributed by atoms with Gasteiger partial charge in [-0.05, 0) is 36.4 Å². The highest BCUT2D eigenvalue weighted by Gasteiger charge is 2.38. The Hall–Kier alpha value is -3.81. The molecule has 1 aliphatic heterocycles. The highest BCUT2D eigenvalue weighted by Crippen LogP contribution is 2.23. The van der Waals surface area contributed by atoms with Crippen LogP contribution in [0.5, 0.6) is 0 Å². The fourth-order valence-electron chi connectivity index (χ4n) is 2.55. The second-order valence-electron chi connectivity index (χ2n) is 5.48. The molecule has 128 valence electrons. The molecule has 2 aromatic carbocycles. The lowest BCUT2D eigenvalue weighted by Gasteiger charge is -2.11. The lowest BCUT2D eigenvalue weighted by Crippen LogP contribution is -2.32. The van der Waals surface area contributed by atoms with Crippen LogP contribution >= 0.6 is 0 Å². The van der Waals surface area contributed by atoms with E-state index in [9.17, 15) is 18.8 Å². The van der Waals surface area contributed by atoms with Crippen LogP contribution in [0.1, 0.15) is 31.1 Å². The van der Waals surface area contributed by atoms with Gasteiger partial charge in [-0.2, -0.15) is 5.10 Å². The van der Waals surface area contributed by atoms with Gasteiger partial charge < -0.3 is 4.84 Å². The van der Waals surface area contributed by atoms with Crippen molar-refractivity contribution in [3.8, 4) is 5.69 Å². The Morgan fingerprint density at radius 1 is 0.962 bits per heavy atom. The van der Waals surface area contributed by atoms with Crippen LogP contribution in [0.2, 0.25) is 0 Å². The van der Waals surface area contributed by atoms with Crippen molar-refractivity contribution < 1.29 is 23.6 Å². The first-order chi connectivity index (χ1) is 12.5. The largest absolute Gasteiger partial charge is 0.367 e. The zero-order chi connectivity index (χ0) is 18.3. The number of amides is 2. The molecule has 1 aromatic heterocycles. The molecule has 8 heteroatoms. The number of hydroxylamine groups is 2. The van der Waals surface area contributed by atoms with Gasteiger partial charge in [0, 0.05) is 6.20 Å². The lowest BCUT2D eigenvalue weighted by molar-refractivity contribution is -0.0584. The van der Waals surface area contributed by atoms with E-state index in [1.807, 2.05) is 0 Å². The van der Waals surface area contributed by atoms with Crippen molar-refractivity contribution in [3.05, 3.63) is 83.4 Å². The minimum atomic E-state index is -0.909. The Bertz CT molecular complexity index is 1010. The lowest BCUT2D eigenvalue weighted by atomic mass is 10.1. The molecule has 1 aliphatic rings. The maximum absolute atomic E-state index is 13.0. The second kappa shape index (κ2) is 5.92. The van der Waals surface area contributed by atoms with Crippen molar-refractivity contribution in [2.75, 3.05) is 0 Å². The second-order valence-corrected chi connectivity index (χ2v) is 5.48. The molecule has 7 nitrogen and oxygen atoms in total. The summed E-state index contributed by atoms with van der Waals surface area (Å²) in [5, 5.41) is 4.43. The number of hydrogen-bond donors (Lipinski definition) is 0. The molecule has 0 fully saturated rings. The van der Waals surface area contributed by atoms with E-state index in [0.29, 0.717) is 10.8 Å². The number of aromatic nitrogens is 2. The van der Waals surface area contributed by atoms with E-state index in [1.54, 1.807) is 12.1 Å². The van der Waals surface area contributed by atoms with Crippen LogP contribution < -0.4 is 0 Å². The van der Waals surface area contributed by atoms with Crippen LogP contribution in [0.4, 0.5) is 4.39 Å². The van der Waals surface area contributed by atoms with Crippen LogP contribution in [-0.2, 0) is 4.84 Å². The monoisotopic (exact) mass is 351 g/mol. The predicted molar refractivity (Wildman–Crippen MR) is 85.9 cm³/mol. The number of hydrogen-bond acceptors (Lipinski definition) is 5. The van der Waals surface area contributed by atoms with Gasteiger partial charge in [0.15, 0.2) is 0 Å². The molecule has 26 heavy (non-hydrogen) atoms. The zero-order valence-electron chi connectivity index (χ0n) is 13.1. The molecule has 2 heterocycles. The summed E-state index contributed by atoms with van der Waals surface area (Å²) in [5.41, 5.74) is 0.914. The molecular weight excluding hydrogens is 341 g/mol. The van der Waals surface area contributed by atoms with Crippen LogP contribution in [0.3, 0.4) is 0 Å². The van der Waals surface area contributed by atoms with E-state index in [2.05, 4.69) is 5.10 Å². The van der Waals surface area contributed by atoms with Gasteiger partial charge in [-0.25, -0.2) is 13.9 Å². The van der Waals surface area contributed by atoms with Crippen molar-refractivity contribution in [2.45, 2.75) is 0 Å². The van der Waals surface area contributed by atoms with E-state index < -0.39 is 23.6 Å². The van der Waals surface area contributed by atoms with E-state index in [4.69, 9.17) is 4.84 Å². The van der Waals surface area contributed by atoms with E-state index in [0.717, 1.165) is 0 Å². The fourth-order valence-corrected chi connectivity index (χ4v) is 2.55. The number of carbonyl (C=O) groups excluding carboxylic acids is 3. The van der Waals surface area contributed by atoms with Crippen molar-refractivity contribution in [2.24, 2.45) is 0 Å². The molecule has 0 N–H and O–H groups in total. The van der Waals surface area contributed by atoms with E-state index in [1.165, 1.54) is 53.5 Å². The van der Waals surface area contributed by atoms with Crippen molar-refractivity contribution in [3.63, 3.8) is 0 Å². The van der Waals surface area contributed by atoms with Crippen LogP contribution in [0.15, 0.2) is 60.9 Å². The van der Waals surface area contributed by atoms with Gasteiger partial charge >= 0.3 is 5.97 Å². The number of rotatable bonds is 3. The molecule has 0 saturated carbocycles. The molecular formula is C18H10FN3O4. The summed E-state index contributed by atoms with van der Waals surface area (Å²) < 4.78 is 14.3. The Balaban J connectivity index is 1.54. The number of imide groups is 1. The minimum absolute atomic E-state index is 0.0332. The van der Waals surface area contributed by atoms with Gasteiger partial charge in [-0.1, -0.05) is 17.2 Å². The van der Waals surface area contributed by atoms with Gasteiger partial charge in [0.05, 0.1) is 23.0 Å². The minimum Gasteiger partial charge on any atom is -0.324 e. The Labute approximate surface area is 146 Å². The van der Waals surface area contributed by atoms with Crippen molar-refractivity contribution >= 4 is 17.8 Å². The van der Waals surface area contributed by atoms with Gasteiger partial charge in [0.25, 0.3) is 11.8 Å². The number of halogens is 1. The van der Waals surface area contributed by atoms with Crippen LogP contribution in [0, 0.1) is 5.82 Å². The van der Waals surface area contributed by atoms with E-state index in [-0.39, 0.29) is 16.7 Å². The topological polar surface area (TPSA) is 81.5 Å². The number of fused-ring (bicyclic) bond motifs is 1.